The first-order chi connectivity index (χ1) is 48.6. The minimum Gasteiger partial charge on any atom is -0.463 e. The number of hydrogen-bond acceptors (Lipinski definition) is 24. The topological polar surface area (TPSA) is 261 Å². The predicted molar refractivity (Wildman–Crippen MR) is 370 cm³/mol. The number of benzene rings is 3. The second-order valence-corrected chi connectivity index (χ2v) is 28.5. The van der Waals surface area contributed by atoms with Crippen LogP contribution in [0.15, 0.2) is 147 Å². The van der Waals surface area contributed by atoms with Crippen molar-refractivity contribution in [3.05, 3.63) is 186 Å². The maximum absolute atomic E-state index is 14.2. The van der Waals surface area contributed by atoms with E-state index < -0.39 is 109 Å². The molecule has 6 aliphatic heterocycles. The molecule has 6 aliphatic rings. The van der Waals surface area contributed by atoms with Crippen molar-refractivity contribution in [2.75, 3.05) is 78.7 Å². The molecule has 0 aliphatic carbocycles. The van der Waals surface area contributed by atoms with Gasteiger partial charge in [0.2, 0.25) is 0 Å². The van der Waals surface area contributed by atoms with E-state index in [4.69, 9.17) is 25.8 Å². The van der Waals surface area contributed by atoms with Gasteiger partial charge in [0.1, 0.15) is 53.9 Å². The number of aromatic nitrogens is 3. The summed E-state index contributed by atoms with van der Waals surface area (Å²) in [6.45, 7) is 3.75. The van der Waals surface area contributed by atoms with Crippen LogP contribution in [0.2, 0.25) is 5.02 Å². The van der Waals surface area contributed by atoms with Gasteiger partial charge in [0.05, 0.1) is 56.2 Å². The third-order valence-corrected chi connectivity index (χ3v) is 20.6. The van der Waals surface area contributed by atoms with Crippen LogP contribution in [0.3, 0.4) is 0 Å². The normalized spacial score (nSPS) is 22.8. The van der Waals surface area contributed by atoms with Crippen LogP contribution in [0.5, 0.6) is 0 Å². The summed E-state index contributed by atoms with van der Waals surface area (Å²) >= 11 is 17.0. The summed E-state index contributed by atoms with van der Waals surface area (Å²) in [7, 11) is 0. The zero-order valence-electron chi connectivity index (χ0n) is 54.3. The lowest BCUT2D eigenvalue weighted by Crippen LogP contribution is -2.53. The number of likely N-dealkylation sites (tertiary alicyclic amines) is 3. The molecule has 6 N–H and O–H groups in total. The number of ether oxygens (including phenoxy) is 3. The van der Waals surface area contributed by atoms with Crippen LogP contribution < -0.4 is 16.0 Å². The van der Waals surface area contributed by atoms with Crippen molar-refractivity contribution in [1.82, 2.24) is 45.6 Å². The van der Waals surface area contributed by atoms with Crippen LogP contribution in [0.25, 0.3) is 0 Å². The number of aliphatic hydroxyl groups is 3. The summed E-state index contributed by atoms with van der Waals surface area (Å²) in [5.74, 6) is -12.3. The van der Waals surface area contributed by atoms with Gasteiger partial charge in [-0.05, 0) is 87.6 Å². The first-order valence-corrected chi connectivity index (χ1v) is 36.3. The SMILES string of the molecule is CCOC(=O)C1=C(CN2CCC(O)C(F)(F)C2)NC(c2nccs2)=NC1c1ccc(F)cc1Br.CCOC(=O)C1=C(CN2CCC(O)C(F)(F)C2)NC(c2nccs2)=N[C@H]1c1ccc(F)cc1Br.CCOC(=O)C1=C(CN2CC[C@H](O)C(F)(F)C2)NC(c2nccs2)=N[C@@H]1c1ccc(F)cc1Cl. The summed E-state index contributed by atoms with van der Waals surface area (Å²) in [4.78, 5) is 70.4. The molecule has 3 fully saturated rings. The molecule has 0 spiro atoms. The molecular formula is C66H66Br2ClF9N12O9S3. The monoisotopic (exact) mass is 1630 g/mol. The molecule has 12 rings (SSSR count). The van der Waals surface area contributed by atoms with Gasteiger partial charge in [0.25, 0.3) is 17.8 Å². The number of nitrogens with zero attached hydrogens (tertiary/aromatic N) is 9. The highest BCUT2D eigenvalue weighted by molar-refractivity contribution is 9.10. The Kier molecular flexibility index (Phi) is 25.7. The molecule has 102 heavy (non-hydrogen) atoms. The number of rotatable bonds is 18. The van der Waals surface area contributed by atoms with Crippen LogP contribution in [-0.2, 0) is 28.6 Å². The molecule has 6 atom stereocenters. The van der Waals surface area contributed by atoms with Crippen LogP contribution in [0, 0.1) is 17.5 Å². The Morgan fingerprint density at radius 1 is 0.510 bits per heavy atom. The van der Waals surface area contributed by atoms with E-state index in [-0.39, 0.29) is 100 Å². The summed E-state index contributed by atoms with van der Waals surface area (Å²) in [5.41, 5.74) is 2.74. The highest BCUT2D eigenvalue weighted by Gasteiger charge is 2.48. The van der Waals surface area contributed by atoms with E-state index in [0.717, 1.165) is 6.07 Å². The lowest BCUT2D eigenvalue weighted by Gasteiger charge is -2.37. The minimum atomic E-state index is -3.29. The standard InChI is InChI=1S/2C22H22BrF3N4O3S.C22H22ClF3N4O3S/c3*1-2-33-21(32)17-15(10-30-7-5-16(31)22(25,26)11-30)28-19(20-27-6-8-34-20)29-18(17)13-4-3-12(24)9-14(13)23/h3*3-4,6,8-9,16,18,31H,2,5,7,10-11H2,1H3,(H,28,29)/t16?,18-;;16-,18+/m0.0/s1. The number of thiazole rings is 3. The van der Waals surface area contributed by atoms with Crippen molar-refractivity contribution in [1.29, 1.82) is 0 Å². The van der Waals surface area contributed by atoms with Gasteiger partial charge in [-0.1, -0.05) is 61.7 Å². The molecule has 3 saturated heterocycles. The average Bonchev–Trinajstić information content (AvgIpc) is 1.07. The molecule has 0 amide bonds. The second-order valence-electron chi connectivity index (χ2n) is 23.7. The number of amidine groups is 3. The second kappa shape index (κ2) is 33.8. The summed E-state index contributed by atoms with van der Waals surface area (Å²) in [6, 6.07) is 9.09. The summed E-state index contributed by atoms with van der Waals surface area (Å²) < 4.78 is 143. The van der Waals surface area contributed by atoms with Gasteiger partial charge < -0.3 is 45.5 Å². The van der Waals surface area contributed by atoms with Crippen molar-refractivity contribution in [2.45, 2.75) is 94.2 Å². The third-order valence-electron chi connectivity index (χ3n) is 16.6. The van der Waals surface area contributed by atoms with Crippen molar-refractivity contribution in [3.8, 4) is 0 Å². The fourth-order valence-corrected chi connectivity index (χ4v) is 14.9. The lowest BCUT2D eigenvalue weighted by molar-refractivity contribution is -0.148. The number of carbonyl (C=O) groups is 3. The number of halogens is 12. The van der Waals surface area contributed by atoms with E-state index in [1.54, 1.807) is 55.5 Å². The van der Waals surface area contributed by atoms with Crippen molar-refractivity contribution in [3.63, 3.8) is 0 Å². The molecule has 546 valence electrons. The predicted octanol–water partition coefficient (Wildman–Crippen LogP) is 10.9. The van der Waals surface area contributed by atoms with Crippen molar-refractivity contribution >= 4 is 113 Å². The quantitative estimate of drug-likeness (QED) is 0.0265. The zero-order valence-corrected chi connectivity index (χ0v) is 60.7. The molecular weight excluding hydrogens is 1570 g/mol. The maximum atomic E-state index is 14.2. The zero-order chi connectivity index (χ0) is 73.4. The van der Waals surface area contributed by atoms with E-state index in [2.05, 4.69) is 77.7 Å². The van der Waals surface area contributed by atoms with Gasteiger partial charge in [-0.2, -0.15) is 0 Å². The van der Waals surface area contributed by atoms with Crippen LogP contribution in [0.1, 0.15) is 89.9 Å². The molecule has 3 aromatic heterocycles. The van der Waals surface area contributed by atoms with E-state index in [1.807, 2.05) is 0 Å². The molecule has 0 bridgehead atoms. The summed E-state index contributed by atoms with van der Waals surface area (Å²) in [5, 5.41) is 45.1. The number of esters is 3. The van der Waals surface area contributed by atoms with Crippen LogP contribution >= 0.6 is 77.5 Å². The van der Waals surface area contributed by atoms with Crippen molar-refractivity contribution in [2.24, 2.45) is 15.0 Å². The van der Waals surface area contributed by atoms with Crippen molar-refractivity contribution < 1.29 is 83.4 Å². The molecule has 36 heteroatoms. The minimum absolute atomic E-state index is 0.0316. The van der Waals surface area contributed by atoms with E-state index in [0.29, 0.717) is 75.3 Å². The number of carbonyl (C=O) groups excluding carboxylic acids is 3. The maximum Gasteiger partial charge on any atom is 0.338 e. The fraction of sp³-hybridized carbons (Fsp3) is 0.409. The molecule has 6 aromatic rings. The van der Waals surface area contributed by atoms with Gasteiger partial charge in [-0.15, -0.1) is 34.0 Å². The highest BCUT2D eigenvalue weighted by atomic mass is 79.9. The Bertz CT molecular complexity index is 3800. The Balaban J connectivity index is 0.000000165. The number of nitrogens with one attached hydrogen (secondary N) is 3. The number of aliphatic imine (C=N–C) groups is 3. The van der Waals surface area contributed by atoms with Gasteiger partial charge in [0, 0.05) is 111 Å². The summed E-state index contributed by atoms with van der Waals surface area (Å²) in [6.07, 6.45) is -0.677. The number of hydrogen-bond donors (Lipinski definition) is 6. The molecule has 0 saturated carbocycles. The van der Waals surface area contributed by atoms with Crippen LogP contribution in [0.4, 0.5) is 39.5 Å². The van der Waals surface area contributed by atoms with E-state index >= 15 is 0 Å². The molecule has 9 heterocycles. The fourth-order valence-electron chi connectivity index (χ4n) is 11.8. The van der Waals surface area contributed by atoms with Crippen LogP contribution in [-0.4, -0.2) is 195 Å². The van der Waals surface area contributed by atoms with Gasteiger partial charge in [0.15, 0.2) is 32.5 Å². The van der Waals surface area contributed by atoms with Gasteiger partial charge >= 0.3 is 17.9 Å². The first kappa shape index (κ1) is 77.6. The number of piperidine rings is 3. The number of alkyl halides is 6. The molecule has 21 nitrogen and oxygen atoms in total. The smallest absolute Gasteiger partial charge is 0.338 e. The average molecular weight is 1630 g/mol. The Hall–Kier alpha value is -7.03. The molecule has 3 aromatic carbocycles. The van der Waals surface area contributed by atoms with E-state index in [9.17, 15) is 69.2 Å². The third kappa shape index (κ3) is 18.5. The largest absolute Gasteiger partial charge is 0.463 e. The molecule has 0 radical (unpaired) electrons. The Morgan fingerprint density at radius 2 is 0.804 bits per heavy atom. The lowest BCUT2D eigenvalue weighted by atomic mass is 9.94. The van der Waals surface area contributed by atoms with Gasteiger partial charge in [-0.25, -0.2) is 68.8 Å². The Morgan fingerprint density at radius 3 is 1.07 bits per heavy atom. The number of aliphatic hydroxyl groups excluding tert-OH is 3. The highest BCUT2D eigenvalue weighted by Crippen LogP contribution is 2.42. The molecule has 3 unspecified atom stereocenters. The van der Waals surface area contributed by atoms with E-state index in [1.165, 1.54) is 97.2 Å². The van der Waals surface area contributed by atoms with Gasteiger partial charge in [-0.3, -0.25) is 29.7 Å². The first-order valence-electron chi connectivity index (χ1n) is 31.7. The Labute approximate surface area is 612 Å².